The monoisotopic (exact) mass is 360 g/mol. The molecule has 2 aromatic rings. The summed E-state index contributed by atoms with van der Waals surface area (Å²) in [6.07, 6.45) is 0. The Hall–Kier alpha value is -1.89. The Balaban J connectivity index is 2.57. The lowest BCUT2D eigenvalue weighted by Gasteiger charge is -2.27. The van der Waals surface area contributed by atoms with E-state index in [1.54, 1.807) is 24.3 Å². The van der Waals surface area contributed by atoms with Crippen molar-refractivity contribution in [3.8, 4) is 5.75 Å². The largest absolute Gasteiger partial charge is 0.539 e. The fraction of sp³-hybridized carbons (Fsp3) is 0.294. The molecule has 0 atom stereocenters. The van der Waals surface area contributed by atoms with Crippen LogP contribution in [0.1, 0.15) is 25.3 Å². The normalized spacial score (nSPS) is 11.9. The number of hydrogen-bond donors (Lipinski definition) is 0. The van der Waals surface area contributed by atoms with Gasteiger partial charge in [-0.3, -0.25) is 0 Å². The van der Waals surface area contributed by atoms with E-state index in [0.29, 0.717) is 5.75 Å². The Kier molecular flexibility index (Phi) is 5.03. The van der Waals surface area contributed by atoms with E-state index < -0.39 is 42.6 Å². The van der Waals surface area contributed by atoms with Crippen LogP contribution in [0.3, 0.4) is 0 Å². The molecule has 0 aliphatic rings. The molecule has 0 bridgehead atoms. The van der Waals surface area contributed by atoms with Gasteiger partial charge in [0.1, 0.15) is 5.75 Å². The number of para-hydroxylation sites is 1. The van der Waals surface area contributed by atoms with Gasteiger partial charge in [0, 0.05) is 0 Å². The van der Waals surface area contributed by atoms with Crippen LogP contribution in [0.2, 0.25) is 13.1 Å². The van der Waals surface area contributed by atoms with E-state index >= 15 is 0 Å². The summed E-state index contributed by atoms with van der Waals surface area (Å²) in [5, 5.41) is -0.863. The molecule has 0 aliphatic heterocycles. The van der Waals surface area contributed by atoms with Crippen LogP contribution in [0.4, 0.5) is 22.0 Å². The first kappa shape index (κ1) is 18.4. The van der Waals surface area contributed by atoms with Gasteiger partial charge >= 0.3 is 0 Å². The highest BCUT2D eigenvalue weighted by molar-refractivity contribution is 6.85. The molecule has 1 nitrogen and oxygen atoms in total. The van der Waals surface area contributed by atoms with Crippen molar-refractivity contribution in [3.63, 3.8) is 0 Å². The molecule has 0 aromatic heterocycles. The Morgan fingerprint density at radius 2 is 1.25 bits per heavy atom. The summed E-state index contributed by atoms with van der Waals surface area (Å²) in [7, 11) is -3.47. The van der Waals surface area contributed by atoms with Crippen LogP contribution in [0, 0.1) is 29.1 Å². The van der Waals surface area contributed by atoms with Crippen molar-refractivity contribution in [1.29, 1.82) is 0 Å². The molecular formula is C17H17F5OSi. The Bertz CT molecular complexity index is 745. The third-order valence-corrected chi connectivity index (χ3v) is 6.09. The molecule has 0 saturated carbocycles. The Labute approximate surface area is 138 Å². The van der Waals surface area contributed by atoms with Crippen molar-refractivity contribution in [3.05, 3.63) is 58.9 Å². The lowest BCUT2D eigenvalue weighted by Crippen LogP contribution is -2.52. The predicted molar refractivity (Wildman–Crippen MR) is 84.5 cm³/mol. The summed E-state index contributed by atoms with van der Waals surface area (Å²) in [4.78, 5) is 0. The average molecular weight is 360 g/mol. The first-order valence-corrected chi connectivity index (χ1v) is 10.3. The summed E-state index contributed by atoms with van der Waals surface area (Å²) in [5.41, 5.74) is 0.793. The second-order valence-corrected chi connectivity index (χ2v) is 9.97. The van der Waals surface area contributed by atoms with Crippen LogP contribution in [0.25, 0.3) is 0 Å². The second kappa shape index (κ2) is 6.55. The van der Waals surface area contributed by atoms with Crippen molar-refractivity contribution < 1.29 is 26.4 Å². The van der Waals surface area contributed by atoms with Gasteiger partial charge in [-0.15, -0.1) is 0 Å². The van der Waals surface area contributed by atoms with Crippen LogP contribution in [-0.2, 0) is 0 Å². The minimum atomic E-state index is -3.47. The minimum Gasteiger partial charge on any atom is -0.539 e. The van der Waals surface area contributed by atoms with Crippen molar-refractivity contribution in [1.82, 2.24) is 0 Å². The quantitative estimate of drug-likeness (QED) is 0.323. The predicted octanol–water partition coefficient (Wildman–Crippen LogP) is 5.00. The lowest BCUT2D eigenvalue weighted by atomic mass is 10.0. The van der Waals surface area contributed by atoms with Gasteiger partial charge in [0.2, 0.25) is 5.82 Å². The zero-order chi connectivity index (χ0) is 18.2. The van der Waals surface area contributed by atoms with Gasteiger partial charge in [-0.1, -0.05) is 32.0 Å². The Morgan fingerprint density at radius 1 is 0.792 bits per heavy atom. The number of benzene rings is 2. The Morgan fingerprint density at radius 3 is 1.75 bits per heavy atom. The van der Waals surface area contributed by atoms with Gasteiger partial charge in [-0.2, -0.15) is 0 Å². The zero-order valence-electron chi connectivity index (χ0n) is 13.7. The van der Waals surface area contributed by atoms with Crippen molar-refractivity contribution in [2.24, 2.45) is 0 Å². The molecule has 0 saturated heterocycles. The van der Waals surface area contributed by atoms with Gasteiger partial charge < -0.3 is 4.43 Å². The number of hydrogen-bond acceptors (Lipinski definition) is 1. The smallest absolute Gasteiger partial charge is 0.282 e. The van der Waals surface area contributed by atoms with Crippen LogP contribution >= 0.6 is 0 Å². The molecule has 2 aromatic carbocycles. The zero-order valence-corrected chi connectivity index (χ0v) is 14.7. The lowest BCUT2D eigenvalue weighted by molar-refractivity contribution is 0.382. The maximum Gasteiger partial charge on any atom is 0.282 e. The van der Waals surface area contributed by atoms with E-state index in [9.17, 15) is 22.0 Å². The summed E-state index contributed by atoms with van der Waals surface area (Å²) in [6, 6.07) is 6.89. The summed E-state index contributed by atoms with van der Waals surface area (Å²) < 4.78 is 74.2. The molecule has 0 spiro atoms. The number of rotatable bonds is 4. The van der Waals surface area contributed by atoms with E-state index in [4.69, 9.17) is 4.43 Å². The molecular weight excluding hydrogens is 343 g/mol. The SMILES string of the molecule is CC(C)c1ccccc1O[Si](C)(C)c1c(F)c(F)c(F)c(F)c1F. The van der Waals surface area contributed by atoms with Gasteiger partial charge in [0.25, 0.3) is 8.32 Å². The molecule has 7 heteroatoms. The van der Waals surface area contributed by atoms with Gasteiger partial charge in [0.05, 0.1) is 5.19 Å². The maximum atomic E-state index is 14.1. The van der Waals surface area contributed by atoms with E-state index in [1.807, 2.05) is 13.8 Å². The fourth-order valence-corrected chi connectivity index (χ4v) is 4.62. The molecule has 0 radical (unpaired) electrons. The molecule has 0 amide bonds. The van der Waals surface area contributed by atoms with E-state index in [1.165, 1.54) is 13.1 Å². The van der Waals surface area contributed by atoms with Gasteiger partial charge in [0.15, 0.2) is 23.3 Å². The molecule has 0 heterocycles. The fourth-order valence-electron chi connectivity index (χ4n) is 2.51. The molecule has 24 heavy (non-hydrogen) atoms. The van der Waals surface area contributed by atoms with Crippen molar-refractivity contribution >= 4 is 13.5 Å². The topological polar surface area (TPSA) is 9.23 Å². The third-order valence-electron chi connectivity index (χ3n) is 3.72. The van der Waals surface area contributed by atoms with Crippen LogP contribution in [-0.4, -0.2) is 8.32 Å². The summed E-state index contributed by atoms with van der Waals surface area (Å²) in [5.74, 6) is -9.28. The van der Waals surface area contributed by atoms with Crippen LogP contribution in [0.15, 0.2) is 24.3 Å². The highest BCUT2D eigenvalue weighted by Crippen LogP contribution is 2.29. The van der Waals surface area contributed by atoms with E-state index in [0.717, 1.165) is 5.56 Å². The molecule has 0 N–H and O–H groups in total. The van der Waals surface area contributed by atoms with E-state index in [2.05, 4.69) is 0 Å². The van der Waals surface area contributed by atoms with E-state index in [-0.39, 0.29) is 5.92 Å². The first-order valence-electron chi connectivity index (χ1n) is 7.37. The van der Waals surface area contributed by atoms with Crippen LogP contribution in [0.5, 0.6) is 5.75 Å². The number of halogens is 5. The highest BCUT2D eigenvalue weighted by Gasteiger charge is 2.39. The van der Waals surface area contributed by atoms with Gasteiger partial charge in [-0.25, -0.2) is 22.0 Å². The molecule has 2 rings (SSSR count). The van der Waals surface area contributed by atoms with Gasteiger partial charge in [-0.05, 0) is 30.6 Å². The molecule has 130 valence electrons. The minimum absolute atomic E-state index is 0.0717. The molecule has 0 fully saturated rings. The van der Waals surface area contributed by atoms with Crippen molar-refractivity contribution in [2.45, 2.75) is 32.9 Å². The first-order chi connectivity index (χ1) is 11.1. The molecule has 0 aliphatic carbocycles. The average Bonchev–Trinajstić information content (AvgIpc) is 2.50. The summed E-state index contributed by atoms with van der Waals surface area (Å²) in [6.45, 7) is 6.61. The third kappa shape index (κ3) is 3.17. The van der Waals surface area contributed by atoms with Crippen LogP contribution < -0.4 is 9.61 Å². The maximum absolute atomic E-state index is 14.1. The standard InChI is InChI=1S/C17H17F5OSi/c1-9(2)10-7-5-6-8-11(10)23-24(3,4)17-15(21)13(19)12(18)14(20)16(17)22/h5-9H,1-4H3. The highest BCUT2D eigenvalue weighted by atomic mass is 28.4. The molecule has 0 unspecified atom stereocenters. The summed E-state index contributed by atoms with van der Waals surface area (Å²) >= 11 is 0. The second-order valence-electron chi connectivity index (χ2n) is 6.25. The van der Waals surface area contributed by atoms with Crippen molar-refractivity contribution in [2.75, 3.05) is 0 Å².